The smallest absolute Gasteiger partial charge is 0.316 e. The second kappa shape index (κ2) is 4.47. The molecule has 0 bridgehead atoms. The molecule has 2 nitrogen and oxygen atoms in total. The number of allylic oxidation sites excluding steroid dienone is 2. The third-order valence-corrected chi connectivity index (χ3v) is 4.95. The summed E-state index contributed by atoms with van der Waals surface area (Å²) in [5.41, 5.74) is 3.46. The zero-order valence-corrected chi connectivity index (χ0v) is 12.7. The van der Waals surface area contributed by atoms with Crippen molar-refractivity contribution in [2.45, 2.75) is 46.5 Å². The van der Waals surface area contributed by atoms with Crippen LogP contribution in [-0.2, 0) is 16.0 Å². The number of cyclic esters (lactones) is 1. The predicted octanol–water partition coefficient (Wildman–Crippen LogP) is 4.21. The molecule has 1 aromatic carbocycles. The maximum absolute atomic E-state index is 12.3. The summed E-state index contributed by atoms with van der Waals surface area (Å²) in [6, 6.07) is 8.59. The Morgan fingerprint density at radius 2 is 1.95 bits per heavy atom. The second-order valence-corrected chi connectivity index (χ2v) is 6.80. The van der Waals surface area contributed by atoms with Crippen molar-refractivity contribution in [1.82, 2.24) is 0 Å². The van der Waals surface area contributed by atoms with Crippen LogP contribution < -0.4 is 0 Å². The molecule has 1 saturated heterocycles. The molecule has 3 rings (SSSR count). The van der Waals surface area contributed by atoms with Gasteiger partial charge in [0, 0.05) is 5.92 Å². The minimum atomic E-state index is -0.406. The molecule has 106 valence electrons. The van der Waals surface area contributed by atoms with Crippen LogP contribution in [0.4, 0.5) is 0 Å². The van der Waals surface area contributed by atoms with Gasteiger partial charge in [0.15, 0.2) is 0 Å². The Bertz CT molecular complexity index is 591. The van der Waals surface area contributed by atoms with Gasteiger partial charge in [-0.15, -0.1) is 0 Å². The van der Waals surface area contributed by atoms with Crippen molar-refractivity contribution >= 4 is 5.97 Å². The van der Waals surface area contributed by atoms with Gasteiger partial charge in [-0.25, -0.2) is 0 Å². The summed E-state index contributed by atoms with van der Waals surface area (Å²) in [4.78, 5) is 12.3. The Balaban J connectivity index is 2.19. The highest BCUT2D eigenvalue weighted by Crippen LogP contribution is 2.53. The molecule has 2 atom stereocenters. The Kier molecular flexibility index (Phi) is 3.00. The molecular formula is C18H22O2. The fourth-order valence-electron chi connectivity index (χ4n) is 3.72. The lowest BCUT2D eigenvalue weighted by atomic mass is 9.61. The summed E-state index contributed by atoms with van der Waals surface area (Å²) in [6.07, 6.45) is 2.12. The van der Waals surface area contributed by atoms with Crippen LogP contribution in [-0.4, -0.2) is 5.97 Å². The molecule has 0 spiro atoms. The lowest BCUT2D eigenvalue weighted by molar-refractivity contribution is -0.160. The molecule has 0 amide bonds. The first-order valence-electron chi connectivity index (χ1n) is 7.40. The van der Waals surface area contributed by atoms with Gasteiger partial charge in [0.1, 0.15) is 5.76 Å². The van der Waals surface area contributed by atoms with Crippen LogP contribution in [0.1, 0.15) is 51.2 Å². The van der Waals surface area contributed by atoms with Gasteiger partial charge in [0.25, 0.3) is 0 Å². The summed E-state index contributed by atoms with van der Waals surface area (Å²) >= 11 is 0. The Morgan fingerprint density at radius 3 is 2.65 bits per heavy atom. The first-order chi connectivity index (χ1) is 9.43. The normalized spacial score (nSPS) is 27.4. The van der Waals surface area contributed by atoms with Crippen molar-refractivity contribution in [2.24, 2.45) is 11.3 Å². The predicted molar refractivity (Wildman–Crippen MR) is 79.2 cm³/mol. The van der Waals surface area contributed by atoms with E-state index in [-0.39, 0.29) is 11.9 Å². The molecule has 20 heavy (non-hydrogen) atoms. The second-order valence-electron chi connectivity index (χ2n) is 6.80. The fourth-order valence-corrected chi connectivity index (χ4v) is 3.72. The summed E-state index contributed by atoms with van der Waals surface area (Å²) < 4.78 is 5.73. The maximum atomic E-state index is 12.3. The van der Waals surface area contributed by atoms with Crippen LogP contribution in [0.2, 0.25) is 0 Å². The van der Waals surface area contributed by atoms with Crippen LogP contribution in [0.3, 0.4) is 0 Å². The molecule has 1 heterocycles. The van der Waals surface area contributed by atoms with Crippen LogP contribution in [0.15, 0.2) is 35.6 Å². The van der Waals surface area contributed by atoms with Crippen molar-refractivity contribution in [2.75, 3.05) is 0 Å². The van der Waals surface area contributed by atoms with E-state index in [0.717, 1.165) is 24.2 Å². The topological polar surface area (TPSA) is 26.3 Å². The fraction of sp³-hybridized carbons (Fsp3) is 0.500. The summed E-state index contributed by atoms with van der Waals surface area (Å²) in [5.74, 6) is 1.38. The lowest BCUT2D eigenvalue weighted by Gasteiger charge is -2.46. The van der Waals surface area contributed by atoms with Crippen molar-refractivity contribution < 1.29 is 9.53 Å². The SMILES string of the molecule is CC(C)=C1OC(=O)C(C)(C)C2CCc3ccccc3C12. The Labute approximate surface area is 120 Å². The van der Waals surface area contributed by atoms with E-state index in [0.29, 0.717) is 5.92 Å². The molecule has 1 aliphatic heterocycles. The molecular weight excluding hydrogens is 248 g/mol. The number of esters is 1. The molecule has 0 saturated carbocycles. The van der Waals surface area contributed by atoms with E-state index in [9.17, 15) is 4.79 Å². The molecule has 0 radical (unpaired) electrons. The standard InChI is InChI=1S/C18H22O2/c1-11(2)16-15-13-8-6-5-7-12(13)9-10-14(15)18(3,4)17(19)20-16/h5-8,14-15H,9-10H2,1-4H3. The Hall–Kier alpha value is -1.57. The average molecular weight is 270 g/mol. The van der Waals surface area contributed by atoms with Gasteiger partial charge in [0.05, 0.1) is 5.41 Å². The molecule has 2 aliphatic rings. The average Bonchev–Trinajstić information content (AvgIpc) is 2.42. The van der Waals surface area contributed by atoms with Gasteiger partial charge in [-0.1, -0.05) is 24.3 Å². The van der Waals surface area contributed by atoms with E-state index in [4.69, 9.17) is 4.74 Å². The van der Waals surface area contributed by atoms with Crippen LogP contribution in [0, 0.1) is 11.3 Å². The number of aryl methyl sites for hydroxylation is 1. The molecule has 2 heteroatoms. The summed E-state index contributed by atoms with van der Waals surface area (Å²) in [5, 5.41) is 0. The molecule has 1 aliphatic carbocycles. The van der Waals surface area contributed by atoms with Gasteiger partial charge < -0.3 is 4.74 Å². The first kappa shape index (κ1) is 13.4. The van der Waals surface area contributed by atoms with E-state index < -0.39 is 5.41 Å². The number of carbonyl (C=O) groups excluding carboxylic acids is 1. The number of hydrogen-bond donors (Lipinski definition) is 0. The minimum Gasteiger partial charge on any atom is -0.430 e. The quantitative estimate of drug-likeness (QED) is 0.660. The molecule has 1 aromatic rings. The van der Waals surface area contributed by atoms with E-state index in [1.165, 1.54) is 11.1 Å². The Morgan fingerprint density at radius 1 is 1.25 bits per heavy atom. The molecule has 0 N–H and O–H groups in total. The zero-order valence-electron chi connectivity index (χ0n) is 12.7. The minimum absolute atomic E-state index is 0.0747. The van der Waals surface area contributed by atoms with Crippen molar-refractivity contribution in [3.05, 3.63) is 46.7 Å². The number of fused-ring (bicyclic) bond motifs is 3. The molecule has 0 aromatic heterocycles. The van der Waals surface area contributed by atoms with E-state index in [2.05, 4.69) is 24.3 Å². The summed E-state index contributed by atoms with van der Waals surface area (Å²) in [7, 11) is 0. The van der Waals surface area contributed by atoms with E-state index in [1.54, 1.807) is 0 Å². The van der Waals surface area contributed by atoms with Crippen molar-refractivity contribution in [3.8, 4) is 0 Å². The largest absolute Gasteiger partial charge is 0.430 e. The number of hydrogen-bond acceptors (Lipinski definition) is 2. The van der Waals surface area contributed by atoms with Gasteiger partial charge >= 0.3 is 5.97 Å². The number of ether oxygens (including phenoxy) is 1. The van der Waals surface area contributed by atoms with Crippen molar-refractivity contribution in [1.29, 1.82) is 0 Å². The maximum Gasteiger partial charge on any atom is 0.316 e. The monoisotopic (exact) mass is 270 g/mol. The van der Waals surface area contributed by atoms with E-state index >= 15 is 0 Å². The van der Waals surface area contributed by atoms with Crippen molar-refractivity contribution in [3.63, 3.8) is 0 Å². The highest BCUT2D eigenvalue weighted by Gasteiger charge is 2.51. The highest BCUT2D eigenvalue weighted by atomic mass is 16.5. The van der Waals surface area contributed by atoms with Gasteiger partial charge in [-0.3, -0.25) is 4.79 Å². The van der Waals surface area contributed by atoms with Crippen LogP contribution in [0.5, 0.6) is 0 Å². The first-order valence-corrected chi connectivity index (χ1v) is 7.40. The number of carbonyl (C=O) groups is 1. The third-order valence-electron chi connectivity index (χ3n) is 4.95. The molecule has 2 unspecified atom stereocenters. The van der Waals surface area contributed by atoms with Crippen LogP contribution >= 0.6 is 0 Å². The van der Waals surface area contributed by atoms with E-state index in [1.807, 2.05) is 27.7 Å². The van der Waals surface area contributed by atoms with Gasteiger partial charge in [0.2, 0.25) is 0 Å². The highest BCUT2D eigenvalue weighted by molar-refractivity contribution is 5.79. The zero-order chi connectivity index (χ0) is 14.5. The van der Waals surface area contributed by atoms with Gasteiger partial charge in [-0.2, -0.15) is 0 Å². The third kappa shape index (κ3) is 1.81. The summed E-state index contributed by atoms with van der Waals surface area (Å²) in [6.45, 7) is 8.13. The number of rotatable bonds is 0. The lowest BCUT2D eigenvalue weighted by Crippen LogP contribution is -2.45. The number of benzene rings is 1. The molecule has 1 fully saturated rings. The van der Waals surface area contributed by atoms with Crippen LogP contribution in [0.25, 0.3) is 0 Å². The van der Waals surface area contributed by atoms with Gasteiger partial charge in [-0.05, 0) is 63.2 Å².